The molecule has 3 rings (SSSR count). The Morgan fingerprint density at radius 3 is 2.20 bits per heavy atom. The molecule has 0 saturated carbocycles. The van der Waals surface area contributed by atoms with Crippen LogP contribution in [0.2, 0.25) is 5.02 Å². The molecule has 4 heteroatoms. The number of ether oxygens (including phenoxy) is 3. The molecule has 0 amide bonds. The Morgan fingerprint density at radius 2 is 1.65 bits per heavy atom. The lowest BCUT2D eigenvalue weighted by molar-refractivity contribution is 0.190. The highest BCUT2D eigenvalue weighted by Crippen LogP contribution is 2.39. The number of epoxide rings is 1. The molecule has 0 N–H and O–H groups in total. The predicted octanol–water partition coefficient (Wildman–Crippen LogP) is 3.65. The van der Waals surface area contributed by atoms with Gasteiger partial charge < -0.3 is 14.2 Å². The molecule has 0 aromatic heterocycles. The molecule has 0 aliphatic carbocycles. The zero-order valence-corrected chi connectivity index (χ0v) is 11.9. The van der Waals surface area contributed by atoms with Crippen LogP contribution in [0.25, 0.3) is 0 Å². The van der Waals surface area contributed by atoms with Gasteiger partial charge in [-0.25, -0.2) is 0 Å². The van der Waals surface area contributed by atoms with E-state index in [2.05, 4.69) is 0 Å². The summed E-state index contributed by atoms with van der Waals surface area (Å²) in [5, 5.41) is 0.723. The molecule has 0 bridgehead atoms. The van der Waals surface area contributed by atoms with Gasteiger partial charge in [0, 0.05) is 5.02 Å². The molecule has 20 heavy (non-hydrogen) atoms. The molecule has 1 heterocycles. The van der Waals surface area contributed by atoms with Gasteiger partial charge >= 0.3 is 0 Å². The van der Waals surface area contributed by atoms with Crippen molar-refractivity contribution >= 4 is 11.6 Å². The van der Waals surface area contributed by atoms with Gasteiger partial charge in [0.1, 0.15) is 18.1 Å². The molecule has 1 atom stereocenters. The van der Waals surface area contributed by atoms with Crippen LogP contribution in [0.3, 0.4) is 0 Å². The lowest BCUT2D eigenvalue weighted by Crippen LogP contribution is -2.19. The third-order valence-corrected chi connectivity index (χ3v) is 3.65. The molecule has 0 radical (unpaired) electrons. The molecule has 104 valence electrons. The maximum atomic E-state index is 5.90. The lowest BCUT2D eigenvalue weighted by Gasteiger charge is -2.14. The smallest absolute Gasteiger partial charge is 0.150 e. The highest BCUT2D eigenvalue weighted by atomic mass is 35.5. The van der Waals surface area contributed by atoms with Gasteiger partial charge in [-0.1, -0.05) is 23.7 Å². The maximum Gasteiger partial charge on any atom is 0.150 e. The number of hydrogen-bond acceptors (Lipinski definition) is 3. The SMILES string of the molecule is COc1ccc(OCC2(c3ccc(Cl)cc3)CO2)cc1. The van der Waals surface area contributed by atoms with Crippen molar-refractivity contribution in [1.29, 1.82) is 0 Å². The van der Waals surface area contributed by atoms with Crippen molar-refractivity contribution in [2.45, 2.75) is 5.60 Å². The monoisotopic (exact) mass is 290 g/mol. The first-order valence-corrected chi connectivity index (χ1v) is 6.76. The van der Waals surface area contributed by atoms with Gasteiger partial charge in [0.15, 0.2) is 5.60 Å². The van der Waals surface area contributed by atoms with Gasteiger partial charge in [0.2, 0.25) is 0 Å². The number of rotatable bonds is 5. The van der Waals surface area contributed by atoms with Crippen molar-refractivity contribution in [2.24, 2.45) is 0 Å². The van der Waals surface area contributed by atoms with Crippen LogP contribution in [-0.4, -0.2) is 20.3 Å². The minimum absolute atomic E-state index is 0.329. The van der Waals surface area contributed by atoms with Crippen LogP contribution in [0, 0.1) is 0 Å². The fourth-order valence-electron chi connectivity index (χ4n) is 2.05. The predicted molar refractivity (Wildman–Crippen MR) is 77.6 cm³/mol. The van der Waals surface area contributed by atoms with Crippen molar-refractivity contribution in [2.75, 3.05) is 20.3 Å². The normalized spacial score (nSPS) is 20.5. The van der Waals surface area contributed by atoms with Crippen LogP contribution >= 0.6 is 11.6 Å². The van der Waals surface area contributed by atoms with Crippen molar-refractivity contribution in [1.82, 2.24) is 0 Å². The van der Waals surface area contributed by atoms with Crippen LogP contribution in [0.4, 0.5) is 0 Å². The summed E-state index contributed by atoms with van der Waals surface area (Å²) in [6.45, 7) is 1.16. The molecule has 1 saturated heterocycles. The number of methoxy groups -OCH3 is 1. The second-order valence-electron chi connectivity index (χ2n) is 4.75. The molecular weight excluding hydrogens is 276 g/mol. The zero-order valence-electron chi connectivity index (χ0n) is 11.1. The Hall–Kier alpha value is -1.71. The number of benzene rings is 2. The first kappa shape index (κ1) is 13.3. The van der Waals surface area contributed by atoms with Gasteiger partial charge in [-0.2, -0.15) is 0 Å². The summed E-state index contributed by atoms with van der Waals surface area (Å²) in [5.41, 5.74) is 0.764. The van der Waals surface area contributed by atoms with Crippen molar-refractivity contribution < 1.29 is 14.2 Å². The Bertz CT molecular complexity index is 574. The van der Waals surface area contributed by atoms with Gasteiger partial charge in [-0.15, -0.1) is 0 Å². The minimum Gasteiger partial charge on any atom is -0.497 e. The van der Waals surface area contributed by atoms with Crippen LogP contribution in [0.5, 0.6) is 11.5 Å². The third kappa shape index (κ3) is 2.74. The second kappa shape index (κ2) is 5.35. The Labute approximate surface area is 123 Å². The summed E-state index contributed by atoms with van der Waals surface area (Å²) in [4.78, 5) is 0. The van der Waals surface area contributed by atoms with E-state index in [9.17, 15) is 0 Å². The van der Waals surface area contributed by atoms with E-state index in [1.807, 2.05) is 48.5 Å². The van der Waals surface area contributed by atoms with E-state index in [4.69, 9.17) is 25.8 Å². The zero-order chi connectivity index (χ0) is 14.0. The Kier molecular flexibility index (Phi) is 3.55. The largest absolute Gasteiger partial charge is 0.497 e. The van der Waals surface area contributed by atoms with Crippen molar-refractivity contribution in [3.63, 3.8) is 0 Å². The summed E-state index contributed by atoms with van der Waals surface area (Å²) in [6, 6.07) is 15.2. The summed E-state index contributed by atoms with van der Waals surface area (Å²) < 4.78 is 16.5. The van der Waals surface area contributed by atoms with E-state index >= 15 is 0 Å². The number of hydrogen-bond donors (Lipinski definition) is 0. The molecule has 0 spiro atoms. The summed E-state index contributed by atoms with van der Waals surface area (Å²) in [7, 11) is 1.64. The first-order valence-electron chi connectivity index (χ1n) is 6.39. The van der Waals surface area contributed by atoms with E-state index in [0.29, 0.717) is 13.2 Å². The van der Waals surface area contributed by atoms with Gasteiger partial charge in [0.05, 0.1) is 13.7 Å². The average Bonchev–Trinajstić information content (AvgIpc) is 3.27. The highest BCUT2D eigenvalue weighted by Gasteiger charge is 2.47. The molecular formula is C16H15ClO3. The standard InChI is InChI=1S/C16H15ClO3/c1-18-14-6-8-15(9-7-14)19-10-16(11-20-16)12-2-4-13(17)5-3-12/h2-9H,10-11H2,1H3. The Balaban J connectivity index is 1.66. The quantitative estimate of drug-likeness (QED) is 0.788. The first-order chi connectivity index (χ1) is 9.72. The van der Waals surface area contributed by atoms with E-state index in [-0.39, 0.29) is 5.60 Å². The molecule has 1 aliphatic heterocycles. The molecule has 1 aliphatic rings. The molecule has 1 unspecified atom stereocenters. The van der Waals surface area contributed by atoms with Gasteiger partial charge in [-0.3, -0.25) is 0 Å². The summed E-state index contributed by atoms with van der Waals surface area (Å²) in [5.74, 6) is 1.61. The average molecular weight is 291 g/mol. The van der Waals surface area contributed by atoms with E-state index in [1.54, 1.807) is 7.11 Å². The molecule has 2 aromatic carbocycles. The molecule has 3 nitrogen and oxygen atoms in total. The van der Waals surface area contributed by atoms with Crippen LogP contribution in [-0.2, 0) is 10.3 Å². The van der Waals surface area contributed by atoms with Crippen LogP contribution < -0.4 is 9.47 Å². The highest BCUT2D eigenvalue weighted by molar-refractivity contribution is 6.30. The van der Waals surface area contributed by atoms with E-state index in [0.717, 1.165) is 22.1 Å². The Morgan fingerprint density at radius 1 is 1.05 bits per heavy atom. The molecule has 1 fully saturated rings. The van der Waals surface area contributed by atoms with Gasteiger partial charge in [-0.05, 0) is 42.0 Å². The van der Waals surface area contributed by atoms with Gasteiger partial charge in [0.25, 0.3) is 0 Å². The van der Waals surface area contributed by atoms with Crippen molar-refractivity contribution in [3.05, 3.63) is 59.1 Å². The minimum atomic E-state index is -0.329. The summed E-state index contributed by atoms with van der Waals surface area (Å²) >= 11 is 5.90. The van der Waals surface area contributed by atoms with Crippen LogP contribution in [0.1, 0.15) is 5.56 Å². The van der Waals surface area contributed by atoms with E-state index in [1.165, 1.54) is 0 Å². The lowest BCUT2D eigenvalue weighted by atomic mass is 10.0. The fourth-order valence-corrected chi connectivity index (χ4v) is 2.17. The summed E-state index contributed by atoms with van der Waals surface area (Å²) in [6.07, 6.45) is 0. The van der Waals surface area contributed by atoms with Crippen LogP contribution in [0.15, 0.2) is 48.5 Å². The maximum absolute atomic E-state index is 5.90. The second-order valence-corrected chi connectivity index (χ2v) is 5.19. The number of halogens is 1. The topological polar surface area (TPSA) is 31.0 Å². The fraction of sp³-hybridized carbons (Fsp3) is 0.250. The van der Waals surface area contributed by atoms with Crippen molar-refractivity contribution in [3.8, 4) is 11.5 Å². The van der Waals surface area contributed by atoms with E-state index < -0.39 is 0 Å². The molecule has 2 aromatic rings. The third-order valence-electron chi connectivity index (χ3n) is 3.39.